The number of rotatable bonds is 6. The Morgan fingerprint density at radius 2 is 1.84 bits per heavy atom. The summed E-state index contributed by atoms with van der Waals surface area (Å²) in [5.74, 6) is 0.551. The molecule has 0 unspecified atom stereocenters. The van der Waals surface area contributed by atoms with E-state index in [-0.39, 0.29) is 24.4 Å². The van der Waals surface area contributed by atoms with E-state index in [1.807, 2.05) is 59.5 Å². The van der Waals surface area contributed by atoms with E-state index in [2.05, 4.69) is 34.1 Å². The maximum atomic E-state index is 13.6. The second-order valence-corrected chi connectivity index (χ2v) is 9.81. The Balaban J connectivity index is 1.27. The van der Waals surface area contributed by atoms with Crippen LogP contribution in [0.2, 0.25) is 0 Å². The zero-order valence-corrected chi connectivity index (χ0v) is 20.9. The number of benzene rings is 3. The van der Waals surface area contributed by atoms with Gasteiger partial charge in [-0.3, -0.25) is 9.59 Å². The molecule has 1 N–H and O–H groups in total. The molecular weight excluding hydrogens is 464 g/mol. The number of H-pyrrole nitrogens is 1. The number of amides is 2. The highest BCUT2D eigenvalue weighted by Crippen LogP contribution is 2.29. The summed E-state index contributed by atoms with van der Waals surface area (Å²) in [6.07, 6.45) is 0.997. The molecule has 0 aliphatic carbocycles. The van der Waals surface area contributed by atoms with Crippen molar-refractivity contribution in [2.75, 3.05) is 38.2 Å². The van der Waals surface area contributed by atoms with Crippen LogP contribution in [0.5, 0.6) is 5.75 Å². The van der Waals surface area contributed by atoms with Gasteiger partial charge in [0.2, 0.25) is 5.91 Å². The zero-order chi connectivity index (χ0) is 25.4. The molecule has 3 aromatic carbocycles. The van der Waals surface area contributed by atoms with Crippen molar-refractivity contribution in [2.45, 2.75) is 19.0 Å². The van der Waals surface area contributed by atoms with Crippen molar-refractivity contribution in [3.05, 3.63) is 95.7 Å². The van der Waals surface area contributed by atoms with E-state index in [0.717, 1.165) is 35.2 Å². The molecule has 0 saturated carbocycles. The minimum atomic E-state index is -0.158. The standard InChI is InChI=1S/C30H30N4O3/c1-37-25-11-12-26-23(15-25)16-27(31-26)30(36)33-19-24(18-32-14-13-22-9-5-6-10-28(22)32)34(29(35)20-33)17-21-7-3-2-4-8-21/h2-12,15-16,24,31H,13-14,17-20H2,1H3/t24-/m0/s1. The molecule has 2 aliphatic heterocycles. The number of hydrogen-bond donors (Lipinski definition) is 1. The monoisotopic (exact) mass is 494 g/mol. The molecule has 2 aliphatic rings. The van der Waals surface area contributed by atoms with Gasteiger partial charge in [-0.1, -0.05) is 48.5 Å². The lowest BCUT2D eigenvalue weighted by Crippen LogP contribution is -2.60. The first kappa shape index (κ1) is 23.2. The van der Waals surface area contributed by atoms with E-state index < -0.39 is 0 Å². The van der Waals surface area contributed by atoms with Gasteiger partial charge in [-0.2, -0.15) is 0 Å². The van der Waals surface area contributed by atoms with Gasteiger partial charge in [-0.25, -0.2) is 0 Å². The third-order valence-corrected chi connectivity index (χ3v) is 7.47. The summed E-state index contributed by atoms with van der Waals surface area (Å²) in [5, 5.41) is 0.905. The molecule has 2 amide bonds. The number of para-hydroxylation sites is 1. The lowest BCUT2D eigenvalue weighted by molar-refractivity contribution is -0.139. The molecule has 1 fully saturated rings. The molecule has 3 heterocycles. The molecule has 1 aromatic heterocycles. The van der Waals surface area contributed by atoms with Gasteiger partial charge in [0.15, 0.2) is 0 Å². The lowest BCUT2D eigenvalue weighted by atomic mass is 10.1. The minimum Gasteiger partial charge on any atom is -0.497 e. The number of nitrogens with zero attached hydrogens (tertiary/aromatic N) is 3. The molecule has 1 saturated heterocycles. The summed E-state index contributed by atoms with van der Waals surface area (Å²) in [4.78, 5) is 36.3. The Labute approximate surface area is 216 Å². The molecule has 37 heavy (non-hydrogen) atoms. The van der Waals surface area contributed by atoms with E-state index in [9.17, 15) is 9.59 Å². The van der Waals surface area contributed by atoms with E-state index in [4.69, 9.17) is 4.74 Å². The third-order valence-electron chi connectivity index (χ3n) is 7.47. The van der Waals surface area contributed by atoms with Gasteiger partial charge in [0, 0.05) is 42.8 Å². The number of fused-ring (bicyclic) bond motifs is 2. The summed E-state index contributed by atoms with van der Waals surface area (Å²) < 4.78 is 5.32. The minimum absolute atomic E-state index is 0.0290. The third kappa shape index (κ3) is 4.53. The Bertz CT molecular complexity index is 1450. The second kappa shape index (κ2) is 9.65. The number of aromatic amines is 1. The molecule has 1 atom stereocenters. The molecule has 7 heteroatoms. The van der Waals surface area contributed by atoms with Crippen LogP contribution in [-0.2, 0) is 17.8 Å². The van der Waals surface area contributed by atoms with Gasteiger partial charge in [-0.15, -0.1) is 0 Å². The maximum absolute atomic E-state index is 13.6. The molecule has 6 rings (SSSR count). The van der Waals surface area contributed by atoms with Crippen LogP contribution in [0.3, 0.4) is 0 Å². The van der Waals surface area contributed by atoms with Crippen molar-refractivity contribution in [1.29, 1.82) is 0 Å². The van der Waals surface area contributed by atoms with Crippen molar-refractivity contribution >= 4 is 28.4 Å². The van der Waals surface area contributed by atoms with Crippen LogP contribution >= 0.6 is 0 Å². The maximum Gasteiger partial charge on any atom is 0.270 e. The van der Waals surface area contributed by atoms with Crippen molar-refractivity contribution in [2.24, 2.45) is 0 Å². The number of carbonyl (C=O) groups is 2. The van der Waals surface area contributed by atoms with E-state index in [1.54, 1.807) is 12.0 Å². The number of piperazine rings is 1. The average Bonchev–Trinajstić information content (AvgIpc) is 3.54. The Kier molecular flexibility index (Phi) is 6.04. The molecule has 0 bridgehead atoms. The predicted octanol–water partition coefficient (Wildman–Crippen LogP) is 4.09. The smallest absolute Gasteiger partial charge is 0.270 e. The summed E-state index contributed by atoms with van der Waals surface area (Å²) in [6.45, 7) is 2.69. The van der Waals surface area contributed by atoms with E-state index in [0.29, 0.717) is 25.3 Å². The van der Waals surface area contributed by atoms with Gasteiger partial charge >= 0.3 is 0 Å². The number of hydrogen-bond acceptors (Lipinski definition) is 4. The number of nitrogens with one attached hydrogen (secondary N) is 1. The van der Waals surface area contributed by atoms with E-state index >= 15 is 0 Å². The van der Waals surface area contributed by atoms with Crippen LogP contribution in [0.15, 0.2) is 78.9 Å². The number of carbonyl (C=O) groups excluding carboxylic acids is 2. The number of ether oxygens (including phenoxy) is 1. The fraction of sp³-hybridized carbons (Fsp3) is 0.267. The van der Waals surface area contributed by atoms with Gasteiger partial charge in [0.05, 0.1) is 13.2 Å². The fourth-order valence-electron chi connectivity index (χ4n) is 5.56. The zero-order valence-electron chi connectivity index (χ0n) is 20.9. The topological polar surface area (TPSA) is 68.9 Å². The summed E-state index contributed by atoms with van der Waals surface area (Å²) in [6, 6.07) is 25.9. The van der Waals surface area contributed by atoms with Gasteiger partial charge in [0.25, 0.3) is 5.91 Å². The quantitative estimate of drug-likeness (QED) is 0.438. The van der Waals surface area contributed by atoms with Gasteiger partial charge in [-0.05, 0) is 47.9 Å². The molecule has 0 spiro atoms. The highest BCUT2D eigenvalue weighted by molar-refractivity contribution is 6.00. The van der Waals surface area contributed by atoms with Crippen molar-refractivity contribution in [3.63, 3.8) is 0 Å². The highest BCUT2D eigenvalue weighted by atomic mass is 16.5. The normalized spacial score (nSPS) is 17.4. The summed E-state index contributed by atoms with van der Waals surface area (Å²) >= 11 is 0. The number of methoxy groups -OCH3 is 1. The van der Waals surface area contributed by atoms with Crippen molar-refractivity contribution in [1.82, 2.24) is 14.8 Å². The Morgan fingerprint density at radius 1 is 1.03 bits per heavy atom. The molecule has 7 nitrogen and oxygen atoms in total. The van der Waals surface area contributed by atoms with Crippen LogP contribution in [0.1, 0.15) is 21.6 Å². The SMILES string of the molecule is COc1ccc2[nH]c(C(=O)N3CC(=O)N(Cc4ccccc4)[C@@H](CN4CCc5ccccc54)C3)cc2c1. The van der Waals surface area contributed by atoms with E-state index in [1.165, 1.54) is 11.3 Å². The summed E-state index contributed by atoms with van der Waals surface area (Å²) in [5.41, 5.74) is 5.00. The second-order valence-electron chi connectivity index (χ2n) is 9.81. The van der Waals surface area contributed by atoms with Crippen molar-refractivity contribution < 1.29 is 14.3 Å². The Morgan fingerprint density at radius 3 is 2.68 bits per heavy atom. The largest absolute Gasteiger partial charge is 0.497 e. The molecule has 188 valence electrons. The molecule has 4 aromatic rings. The molecule has 0 radical (unpaired) electrons. The highest BCUT2D eigenvalue weighted by Gasteiger charge is 2.37. The summed E-state index contributed by atoms with van der Waals surface area (Å²) in [7, 11) is 1.62. The Hall–Kier alpha value is -4.26. The fourth-order valence-corrected chi connectivity index (χ4v) is 5.56. The van der Waals surface area contributed by atoms with Crippen LogP contribution in [0.4, 0.5) is 5.69 Å². The van der Waals surface area contributed by atoms with Gasteiger partial charge < -0.3 is 24.4 Å². The van der Waals surface area contributed by atoms with Crippen LogP contribution in [-0.4, -0.2) is 65.9 Å². The van der Waals surface area contributed by atoms with Crippen molar-refractivity contribution in [3.8, 4) is 5.75 Å². The van der Waals surface area contributed by atoms with Crippen LogP contribution in [0, 0.1) is 0 Å². The van der Waals surface area contributed by atoms with Crippen LogP contribution in [0.25, 0.3) is 10.9 Å². The number of aromatic nitrogens is 1. The predicted molar refractivity (Wildman–Crippen MR) is 144 cm³/mol. The van der Waals surface area contributed by atoms with Crippen LogP contribution < -0.4 is 9.64 Å². The molecular formula is C30H30N4O3. The first-order chi connectivity index (χ1) is 18.1. The van der Waals surface area contributed by atoms with Gasteiger partial charge in [0.1, 0.15) is 18.0 Å². The average molecular weight is 495 g/mol. The lowest BCUT2D eigenvalue weighted by Gasteiger charge is -2.43. The first-order valence-corrected chi connectivity index (χ1v) is 12.7. The number of anilines is 1. The first-order valence-electron chi connectivity index (χ1n) is 12.7.